The van der Waals surface area contributed by atoms with Crippen LogP contribution in [0.1, 0.15) is 67.4 Å². The molecule has 176 valence electrons. The Balaban J connectivity index is 1.37. The molecule has 0 saturated heterocycles. The van der Waals surface area contributed by atoms with Crippen molar-refractivity contribution >= 4 is 44.0 Å². The average molecular weight is 533 g/mol. The molecule has 3 aliphatic rings. The summed E-state index contributed by atoms with van der Waals surface area (Å²) in [6, 6.07) is 4.03. The van der Waals surface area contributed by atoms with Crippen molar-refractivity contribution in [2.24, 2.45) is 28.3 Å². The van der Waals surface area contributed by atoms with Gasteiger partial charge in [0.2, 0.25) is 5.91 Å². The minimum atomic E-state index is -0.116. The molecule has 5 atom stereocenters. The van der Waals surface area contributed by atoms with Gasteiger partial charge < -0.3 is 15.6 Å². The van der Waals surface area contributed by atoms with Gasteiger partial charge in [-0.1, -0.05) is 12.1 Å². The minimum Gasteiger partial charge on any atom is -0.507 e. The molecule has 1 aromatic heterocycles. The fourth-order valence-corrected chi connectivity index (χ4v) is 8.03. The number of oxime groups is 1. The second-order valence-electron chi connectivity index (χ2n) is 10.2. The predicted molar refractivity (Wildman–Crippen MR) is 133 cm³/mol. The number of anilines is 1. The summed E-state index contributed by atoms with van der Waals surface area (Å²) in [6.07, 6.45) is 7.82. The molecule has 3 N–H and O–H groups in total. The third-order valence-corrected chi connectivity index (χ3v) is 9.86. The second kappa shape index (κ2) is 8.69. The standard InChI is InChI=1S/C25H30BrN3O3S/c1-13-12-27-24(33-13)28-22(31)6-4-15-10-21(29-32)25(2)8-7-16-17(23(15)25)5-3-14-9-20(30)19(26)11-18(14)16/h9,11-12,15-17,23,30,32H,3-8,10H2,1-2H3,(H,27,28,31)/b29-21+. The molecule has 1 amide bonds. The summed E-state index contributed by atoms with van der Waals surface area (Å²) in [5.41, 5.74) is 3.40. The van der Waals surface area contributed by atoms with Crippen LogP contribution < -0.4 is 5.32 Å². The number of phenolic OH excluding ortho intramolecular Hbond substituents is 1. The molecular weight excluding hydrogens is 502 g/mol. The number of hydrogen-bond donors (Lipinski definition) is 3. The lowest BCUT2D eigenvalue weighted by Crippen LogP contribution is -2.44. The first-order chi connectivity index (χ1) is 15.8. The number of benzene rings is 1. The number of phenols is 1. The zero-order valence-electron chi connectivity index (χ0n) is 19.0. The molecule has 5 rings (SSSR count). The fraction of sp³-hybridized carbons (Fsp3) is 0.560. The van der Waals surface area contributed by atoms with Crippen LogP contribution in [0.4, 0.5) is 5.13 Å². The fourth-order valence-electron chi connectivity index (χ4n) is 6.99. The van der Waals surface area contributed by atoms with Crippen molar-refractivity contribution < 1.29 is 15.1 Å². The van der Waals surface area contributed by atoms with Crippen LogP contribution in [0, 0.1) is 30.1 Å². The van der Waals surface area contributed by atoms with E-state index in [4.69, 9.17) is 0 Å². The maximum Gasteiger partial charge on any atom is 0.226 e. The highest BCUT2D eigenvalue weighted by atomic mass is 79.9. The zero-order chi connectivity index (χ0) is 23.3. The van der Waals surface area contributed by atoms with Crippen molar-refractivity contribution in [3.8, 4) is 5.75 Å². The SMILES string of the molecule is Cc1cnc(NC(=O)CCC2C/C(=N\O)C3(C)CCC4c5cc(Br)c(O)cc5CCC4C23)s1. The lowest BCUT2D eigenvalue weighted by molar-refractivity contribution is -0.116. The molecule has 0 aliphatic heterocycles. The van der Waals surface area contributed by atoms with E-state index < -0.39 is 0 Å². The third kappa shape index (κ3) is 3.99. The molecular formula is C25H30BrN3O3S. The summed E-state index contributed by atoms with van der Waals surface area (Å²) < 4.78 is 0.755. The molecule has 33 heavy (non-hydrogen) atoms. The number of amides is 1. The van der Waals surface area contributed by atoms with Gasteiger partial charge >= 0.3 is 0 Å². The number of hydrogen-bond acceptors (Lipinski definition) is 6. The molecule has 8 heteroatoms. The molecule has 3 aliphatic carbocycles. The predicted octanol–water partition coefficient (Wildman–Crippen LogP) is 6.25. The molecule has 2 saturated carbocycles. The van der Waals surface area contributed by atoms with Gasteiger partial charge in [-0.15, -0.1) is 11.3 Å². The van der Waals surface area contributed by atoms with Crippen LogP contribution in [-0.2, 0) is 11.2 Å². The summed E-state index contributed by atoms with van der Waals surface area (Å²) >= 11 is 5.00. The van der Waals surface area contributed by atoms with Crippen LogP contribution in [-0.4, -0.2) is 26.9 Å². The normalized spacial score (nSPS) is 31.7. The van der Waals surface area contributed by atoms with Gasteiger partial charge in [0.1, 0.15) is 5.75 Å². The maximum atomic E-state index is 12.6. The average Bonchev–Trinajstić information content (AvgIpc) is 3.32. The second-order valence-corrected chi connectivity index (χ2v) is 12.3. The molecule has 0 spiro atoms. The molecule has 2 fully saturated rings. The lowest BCUT2D eigenvalue weighted by Gasteiger charge is -2.50. The number of rotatable bonds is 4. The number of carbonyl (C=O) groups is 1. The van der Waals surface area contributed by atoms with Crippen LogP contribution >= 0.6 is 27.3 Å². The maximum absolute atomic E-state index is 12.6. The van der Waals surface area contributed by atoms with Crippen LogP contribution in [0.25, 0.3) is 0 Å². The van der Waals surface area contributed by atoms with E-state index in [1.54, 1.807) is 6.20 Å². The number of aromatic nitrogens is 1. The third-order valence-electron chi connectivity index (χ3n) is 8.40. The summed E-state index contributed by atoms with van der Waals surface area (Å²) in [5.74, 6) is 1.94. The Hall–Kier alpha value is -1.93. The first-order valence-corrected chi connectivity index (χ1v) is 13.4. The number of aromatic hydroxyl groups is 1. The number of fused-ring (bicyclic) bond motifs is 5. The zero-order valence-corrected chi connectivity index (χ0v) is 21.4. The number of thiazole rings is 1. The summed E-state index contributed by atoms with van der Waals surface area (Å²) in [5, 5.41) is 27.4. The lowest BCUT2D eigenvalue weighted by atomic mass is 9.54. The molecule has 0 radical (unpaired) electrons. The number of carbonyl (C=O) groups excluding carboxylic acids is 1. The Bertz CT molecular complexity index is 1120. The molecule has 1 aromatic carbocycles. The van der Waals surface area contributed by atoms with Crippen LogP contribution in [0.3, 0.4) is 0 Å². The van der Waals surface area contributed by atoms with E-state index in [1.807, 2.05) is 13.0 Å². The Morgan fingerprint density at radius 1 is 1.39 bits per heavy atom. The van der Waals surface area contributed by atoms with E-state index >= 15 is 0 Å². The van der Waals surface area contributed by atoms with Crippen molar-refractivity contribution in [3.05, 3.63) is 38.8 Å². The quantitative estimate of drug-likeness (QED) is 0.321. The minimum absolute atomic E-state index is 0.00111. The smallest absolute Gasteiger partial charge is 0.226 e. The van der Waals surface area contributed by atoms with Gasteiger partial charge in [0.15, 0.2) is 5.13 Å². The summed E-state index contributed by atoms with van der Waals surface area (Å²) in [6.45, 7) is 4.24. The highest BCUT2D eigenvalue weighted by Crippen LogP contribution is 2.62. The molecule has 1 heterocycles. The molecule has 6 nitrogen and oxygen atoms in total. The Morgan fingerprint density at radius 2 is 2.21 bits per heavy atom. The molecule has 5 unspecified atom stereocenters. The van der Waals surface area contributed by atoms with Gasteiger partial charge in [0.25, 0.3) is 0 Å². The van der Waals surface area contributed by atoms with E-state index in [0.29, 0.717) is 41.0 Å². The highest BCUT2D eigenvalue weighted by Gasteiger charge is 2.57. The summed E-state index contributed by atoms with van der Waals surface area (Å²) in [4.78, 5) is 17.9. The highest BCUT2D eigenvalue weighted by molar-refractivity contribution is 9.10. The van der Waals surface area contributed by atoms with E-state index in [9.17, 15) is 15.1 Å². The summed E-state index contributed by atoms with van der Waals surface area (Å²) in [7, 11) is 0. The van der Waals surface area contributed by atoms with Crippen LogP contribution in [0.15, 0.2) is 28.0 Å². The van der Waals surface area contributed by atoms with Gasteiger partial charge in [-0.05, 0) is 108 Å². The van der Waals surface area contributed by atoms with Crippen molar-refractivity contribution in [2.45, 2.75) is 64.7 Å². The molecule has 0 bridgehead atoms. The Morgan fingerprint density at radius 3 is 2.94 bits per heavy atom. The van der Waals surface area contributed by atoms with Crippen molar-refractivity contribution in [1.82, 2.24) is 4.98 Å². The first-order valence-electron chi connectivity index (χ1n) is 11.7. The van der Waals surface area contributed by atoms with Crippen molar-refractivity contribution in [2.75, 3.05) is 5.32 Å². The van der Waals surface area contributed by atoms with E-state index in [-0.39, 0.29) is 11.3 Å². The van der Waals surface area contributed by atoms with Gasteiger partial charge in [0.05, 0.1) is 10.2 Å². The largest absolute Gasteiger partial charge is 0.507 e. The number of aryl methyl sites for hydroxylation is 2. The van der Waals surface area contributed by atoms with E-state index in [0.717, 1.165) is 53.6 Å². The van der Waals surface area contributed by atoms with Gasteiger partial charge in [-0.2, -0.15) is 0 Å². The van der Waals surface area contributed by atoms with E-state index in [1.165, 1.54) is 22.5 Å². The van der Waals surface area contributed by atoms with Crippen molar-refractivity contribution in [3.63, 3.8) is 0 Å². The number of halogens is 1. The van der Waals surface area contributed by atoms with Crippen LogP contribution in [0.5, 0.6) is 5.75 Å². The number of nitrogens with one attached hydrogen (secondary N) is 1. The first kappa shape index (κ1) is 22.8. The van der Waals surface area contributed by atoms with E-state index in [2.05, 4.69) is 44.4 Å². The van der Waals surface area contributed by atoms with Gasteiger partial charge in [-0.3, -0.25) is 4.79 Å². The van der Waals surface area contributed by atoms with Gasteiger partial charge in [-0.25, -0.2) is 4.98 Å². The molecule has 2 aromatic rings. The van der Waals surface area contributed by atoms with Gasteiger partial charge in [0, 0.05) is 22.9 Å². The Kier molecular flexibility index (Phi) is 6.02. The Labute approximate surface area is 206 Å². The van der Waals surface area contributed by atoms with Crippen molar-refractivity contribution in [1.29, 1.82) is 0 Å². The van der Waals surface area contributed by atoms with Crippen LogP contribution in [0.2, 0.25) is 0 Å². The monoisotopic (exact) mass is 531 g/mol. The topological polar surface area (TPSA) is 94.8 Å². The number of nitrogens with zero attached hydrogens (tertiary/aromatic N) is 2.